The van der Waals surface area contributed by atoms with Crippen molar-refractivity contribution in [1.29, 1.82) is 0 Å². The summed E-state index contributed by atoms with van der Waals surface area (Å²) in [5.74, 6) is -0.609. The maximum absolute atomic E-state index is 12.1. The quantitative estimate of drug-likeness (QED) is 0.532. The highest BCUT2D eigenvalue weighted by Gasteiger charge is 2.21. The van der Waals surface area contributed by atoms with E-state index in [-0.39, 0.29) is 11.9 Å². The molecule has 0 fully saturated rings. The van der Waals surface area contributed by atoms with Gasteiger partial charge in [0.1, 0.15) is 0 Å². The Hall–Kier alpha value is -2.42. The Kier molecular flexibility index (Phi) is 3.80. The van der Waals surface area contributed by atoms with Crippen LogP contribution in [-0.2, 0) is 9.53 Å². The molecule has 1 unspecified atom stereocenters. The van der Waals surface area contributed by atoms with Gasteiger partial charge in [0, 0.05) is 10.8 Å². The number of esters is 1. The highest BCUT2D eigenvalue weighted by molar-refractivity contribution is 6.07. The van der Waals surface area contributed by atoms with Gasteiger partial charge < -0.3 is 4.74 Å². The van der Waals surface area contributed by atoms with E-state index in [2.05, 4.69) is 19.1 Å². The zero-order valence-electron chi connectivity index (χ0n) is 13.1. The van der Waals surface area contributed by atoms with Crippen LogP contribution in [0.1, 0.15) is 31.0 Å². The molecular weight excluding hydrogens is 274 g/mol. The number of ether oxygens (including phenoxy) is 1. The van der Waals surface area contributed by atoms with E-state index in [1.54, 1.807) is 0 Å². The van der Waals surface area contributed by atoms with Gasteiger partial charge in [0.25, 0.3) is 0 Å². The first-order valence-electron chi connectivity index (χ1n) is 7.57. The number of rotatable bonds is 3. The Morgan fingerprint density at radius 3 is 2.59 bits per heavy atom. The second kappa shape index (κ2) is 5.76. The Balaban J connectivity index is 2.29. The summed E-state index contributed by atoms with van der Waals surface area (Å²) in [5, 5.41) is 3.26. The molecule has 22 heavy (non-hydrogen) atoms. The van der Waals surface area contributed by atoms with Gasteiger partial charge in [0.2, 0.25) is 0 Å². The summed E-state index contributed by atoms with van der Waals surface area (Å²) >= 11 is 0. The van der Waals surface area contributed by atoms with E-state index in [0.717, 1.165) is 27.4 Å². The minimum atomic E-state index is -0.379. The third-order valence-corrected chi connectivity index (χ3v) is 3.94. The van der Waals surface area contributed by atoms with Crippen molar-refractivity contribution in [3.8, 4) is 0 Å². The smallest absolute Gasteiger partial charge is 0.314 e. The molecule has 0 spiro atoms. The van der Waals surface area contributed by atoms with Gasteiger partial charge in [-0.25, -0.2) is 0 Å². The molecule has 3 rings (SSSR count). The number of benzene rings is 2. The maximum atomic E-state index is 12.1. The van der Waals surface area contributed by atoms with Crippen LogP contribution < -0.4 is 0 Å². The lowest BCUT2D eigenvalue weighted by molar-refractivity contribution is -0.144. The first-order valence-corrected chi connectivity index (χ1v) is 7.57. The predicted molar refractivity (Wildman–Crippen MR) is 89.0 cm³/mol. The Morgan fingerprint density at radius 2 is 1.86 bits per heavy atom. The van der Waals surface area contributed by atoms with Crippen LogP contribution in [0.2, 0.25) is 0 Å². The number of hydrogen-bond donors (Lipinski definition) is 0. The van der Waals surface area contributed by atoms with E-state index in [9.17, 15) is 4.79 Å². The molecule has 2 aromatic carbocycles. The van der Waals surface area contributed by atoms with Gasteiger partial charge in [-0.2, -0.15) is 0 Å². The fraction of sp³-hybridized carbons (Fsp3) is 0.263. The zero-order valence-corrected chi connectivity index (χ0v) is 13.1. The van der Waals surface area contributed by atoms with E-state index in [1.165, 1.54) is 5.56 Å². The molecule has 0 saturated heterocycles. The first kappa shape index (κ1) is 14.5. The zero-order chi connectivity index (χ0) is 15.7. The summed E-state index contributed by atoms with van der Waals surface area (Å²) in [7, 11) is 0. The molecule has 0 radical (unpaired) electrons. The van der Waals surface area contributed by atoms with Gasteiger partial charge >= 0.3 is 5.97 Å². The molecule has 0 aliphatic rings. The molecule has 3 nitrogen and oxygen atoms in total. The normalized spacial score (nSPS) is 12.5. The molecule has 0 amide bonds. The Morgan fingerprint density at radius 1 is 1.14 bits per heavy atom. The fourth-order valence-corrected chi connectivity index (χ4v) is 2.80. The van der Waals surface area contributed by atoms with Crippen molar-refractivity contribution < 1.29 is 9.53 Å². The predicted octanol–water partition coefficient (Wildman–Crippen LogP) is 4.36. The van der Waals surface area contributed by atoms with Crippen molar-refractivity contribution in [2.45, 2.75) is 26.7 Å². The van der Waals surface area contributed by atoms with Crippen LogP contribution in [0.5, 0.6) is 0 Å². The van der Waals surface area contributed by atoms with Crippen molar-refractivity contribution in [2.24, 2.45) is 0 Å². The second-order valence-corrected chi connectivity index (χ2v) is 5.54. The topological polar surface area (TPSA) is 39.2 Å². The molecule has 0 bridgehead atoms. The van der Waals surface area contributed by atoms with Crippen LogP contribution >= 0.6 is 0 Å². The number of aromatic nitrogens is 1. The molecule has 0 aliphatic carbocycles. The average molecular weight is 293 g/mol. The van der Waals surface area contributed by atoms with Gasteiger partial charge in [-0.15, -0.1) is 0 Å². The Bertz CT molecular complexity index is 855. The molecule has 0 aliphatic heterocycles. The fourth-order valence-electron chi connectivity index (χ4n) is 2.80. The van der Waals surface area contributed by atoms with E-state index in [0.29, 0.717) is 6.61 Å². The second-order valence-electron chi connectivity index (χ2n) is 5.54. The SMILES string of the molecule is CCOC(=O)C(C)c1nc2ccc(C)cc2c2ccccc12. The van der Waals surface area contributed by atoms with Gasteiger partial charge in [-0.1, -0.05) is 35.9 Å². The number of nitrogens with zero attached hydrogens (tertiary/aromatic N) is 1. The van der Waals surface area contributed by atoms with Crippen molar-refractivity contribution >= 4 is 27.6 Å². The monoisotopic (exact) mass is 293 g/mol. The van der Waals surface area contributed by atoms with E-state index in [4.69, 9.17) is 9.72 Å². The summed E-state index contributed by atoms with van der Waals surface area (Å²) in [4.78, 5) is 16.9. The highest BCUT2D eigenvalue weighted by atomic mass is 16.5. The average Bonchev–Trinajstić information content (AvgIpc) is 2.54. The molecule has 1 atom stereocenters. The number of pyridine rings is 1. The number of aryl methyl sites for hydroxylation is 1. The van der Waals surface area contributed by atoms with Crippen LogP contribution in [0.3, 0.4) is 0 Å². The van der Waals surface area contributed by atoms with Crippen LogP contribution in [-0.4, -0.2) is 17.6 Å². The van der Waals surface area contributed by atoms with Crippen LogP contribution in [0, 0.1) is 6.92 Å². The van der Waals surface area contributed by atoms with Crippen LogP contribution in [0.15, 0.2) is 42.5 Å². The van der Waals surface area contributed by atoms with E-state index >= 15 is 0 Å². The van der Waals surface area contributed by atoms with Gasteiger partial charge in [0.05, 0.1) is 23.7 Å². The third-order valence-electron chi connectivity index (χ3n) is 3.94. The molecule has 3 heteroatoms. The summed E-state index contributed by atoms with van der Waals surface area (Å²) in [6.07, 6.45) is 0. The first-order chi connectivity index (χ1) is 10.6. The standard InChI is InChI=1S/C19H19NO2/c1-4-22-19(21)13(3)18-15-8-6-5-7-14(15)16-11-12(2)9-10-17(16)20-18/h5-11,13H,4H2,1-3H3. The molecule has 112 valence electrons. The number of hydrogen-bond acceptors (Lipinski definition) is 3. The van der Waals surface area contributed by atoms with Gasteiger partial charge in [-0.3, -0.25) is 9.78 Å². The summed E-state index contributed by atoms with van der Waals surface area (Å²) in [6, 6.07) is 14.3. The Labute approximate surface area is 129 Å². The molecule has 1 aromatic heterocycles. The molecule has 0 saturated carbocycles. The molecule has 0 N–H and O–H groups in total. The highest BCUT2D eigenvalue weighted by Crippen LogP contribution is 2.31. The van der Waals surface area contributed by atoms with E-state index in [1.807, 2.05) is 44.2 Å². The lowest BCUT2D eigenvalue weighted by atomic mass is 9.97. The maximum Gasteiger partial charge on any atom is 0.314 e. The number of fused-ring (bicyclic) bond motifs is 3. The molecule has 1 heterocycles. The van der Waals surface area contributed by atoms with Crippen LogP contribution in [0.25, 0.3) is 21.7 Å². The lowest BCUT2D eigenvalue weighted by Crippen LogP contribution is -2.14. The van der Waals surface area contributed by atoms with Crippen molar-refractivity contribution in [3.05, 3.63) is 53.7 Å². The third kappa shape index (κ3) is 2.43. The van der Waals surface area contributed by atoms with Crippen LogP contribution in [0.4, 0.5) is 0 Å². The van der Waals surface area contributed by atoms with E-state index < -0.39 is 0 Å². The minimum absolute atomic E-state index is 0.230. The molecule has 3 aromatic rings. The van der Waals surface area contributed by atoms with Gasteiger partial charge in [0.15, 0.2) is 0 Å². The lowest BCUT2D eigenvalue weighted by Gasteiger charge is -2.15. The summed E-state index contributed by atoms with van der Waals surface area (Å²) in [6.45, 7) is 6.13. The van der Waals surface area contributed by atoms with Crippen molar-refractivity contribution in [2.75, 3.05) is 6.61 Å². The summed E-state index contributed by atoms with van der Waals surface area (Å²) < 4.78 is 5.16. The van der Waals surface area contributed by atoms with Crippen molar-refractivity contribution in [3.63, 3.8) is 0 Å². The van der Waals surface area contributed by atoms with Gasteiger partial charge in [-0.05, 0) is 38.3 Å². The molecular formula is C19H19NO2. The number of carbonyl (C=O) groups is 1. The largest absolute Gasteiger partial charge is 0.465 e. The van der Waals surface area contributed by atoms with Crippen molar-refractivity contribution in [1.82, 2.24) is 4.98 Å². The number of carbonyl (C=O) groups excluding carboxylic acids is 1. The summed E-state index contributed by atoms with van der Waals surface area (Å²) in [5.41, 5.74) is 2.89. The minimum Gasteiger partial charge on any atom is -0.465 e.